The average Bonchev–Trinajstić information content (AvgIpc) is 2.93. The molecule has 1 aromatic heterocycles. The van der Waals surface area contributed by atoms with Gasteiger partial charge in [0.25, 0.3) is 0 Å². The lowest BCUT2D eigenvalue weighted by molar-refractivity contribution is 0.0529. The molecule has 0 amide bonds. The Hall–Kier alpha value is -2.37. The van der Waals surface area contributed by atoms with Crippen LogP contribution in [-0.4, -0.2) is 24.8 Å². The summed E-state index contributed by atoms with van der Waals surface area (Å²) in [5.41, 5.74) is 1.12. The van der Waals surface area contributed by atoms with Crippen LogP contribution in [0.2, 0.25) is 10.0 Å². The van der Waals surface area contributed by atoms with Crippen LogP contribution in [-0.2, 0) is 4.74 Å². The second-order valence-electron chi connectivity index (χ2n) is 5.18. The molecule has 0 aliphatic heterocycles. The number of halogens is 2. The first-order valence-corrected chi connectivity index (χ1v) is 8.17. The Morgan fingerprint density at radius 2 is 1.88 bits per heavy atom. The van der Waals surface area contributed by atoms with E-state index in [1.165, 1.54) is 19.2 Å². The van der Waals surface area contributed by atoms with Gasteiger partial charge < -0.3 is 19.0 Å². The monoisotopic (exact) mass is 380 g/mol. The molecule has 0 spiro atoms. The molecule has 0 saturated heterocycles. The number of methoxy groups -OCH3 is 1. The zero-order chi connectivity index (χ0) is 18.1. The van der Waals surface area contributed by atoms with Crippen LogP contribution in [0.3, 0.4) is 0 Å². The minimum atomic E-state index is -0.565. The van der Waals surface area contributed by atoms with E-state index in [1.54, 1.807) is 25.1 Å². The first-order valence-electron chi connectivity index (χ1n) is 7.42. The number of benzene rings is 2. The minimum absolute atomic E-state index is 0.0104. The summed E-state index contributed by atoms with van der Waals surface area (Å²) in [6.07, 6.45) is 0. The summed E-state index contributed by atoms with van der Waals surface area (Å²) in [6, 6.07) is 7.67. The molecule has 130 valence electrons. The molecule has 3 rings (SSSR count). The van der Waals surface area contributed by atoms with Crippen molar-refractivity contribution in [2.24, 2.45) is 0 Å². The Kier molecular flexibility index (Phi) is 4.79. The zero-order valence-electron chi connectivity index (χ0n) is 13.4. The van der Waals surface area contributed by atoms with E-state index < -0.39 is 5.97 Å². The van der Waals surface area contributed by atoms with Gasteiger partial charge in [0.2, 0.25) is 0 Å². The van der Waals surface area contributed by atoms with Gasteiger partial charge in [-0.2, -0.15) is 0 Å². The van der Waals surface area contributed by atoms with E-state index in [2.05, 4.69) is 0 Å². The maximum absolute atomic E-state index is 12.5. The molecule has 7 heteroatoms. The van der Waals surface area contributed by atoms with Crippen molar-refractivity contribution in [1.82, 2.24) is 0 Å². The van der Waals surface area contributed by atoms with E-state index in [1.807, 2.05) is 0 Å². The summed E-state index contributed by atoms with van der Waals surface area (Å²) < 4.78 is 16.1. The number of furan rings is 1. The normalized spacial score (nSPS) is 10.9. The molecule has 0 aliphatic rings. The number of esters is 1. The quantitative estimate of drug-likeness (QED) is 0.622. The van der Waals surface area contributed by atoms with Crippen LogP contribution >= 0.6 is 23.2 Å². The lowest BCUT2D eigenvalue weighted by Gasteiger charge is -2.08. The number of phenols is 1. The Morgan fingerprint density at radius 3 is 2.48 bits per heavy atom. The van der Waals surface area contributed by atoms with E-state index in [0.717, 1.165) is 0 Å². The lowest BCUT2D eigenvalue weighted by atomic mass is 10.1. The first kappa shape index (κ1) is 17.5. The Balaban J connectivity index is 2.29. The second kappa shape index (κ2) is 6.86. The molecule has 0 bridgehead atoms. The van der Waals surface area contributed by atoms with Crippen molar-refractivity contribution in [3.05, 3.63) is 45.9 Å². The van der Waals surface area contributed by atoms with Gasteiger partial charge in [-0.1, -0.05) is 23.2 Å². The van der Waals surface area contributed by atoms with Gasteiger partial charge in [-0.05, 0) is 37.3 Å². The van der Waals surface area contributed by atoms with Gasteiger partial charge in [-0.25, -0.2) is 4.79 Å². The van der Waals surface area contributed by atoms with E-state index in [4.69, 9.17) is 37.1 Å². The maximum atomic E-state index is 12.5. The Labute approximate surface area is 153 Å². The summed E-state index contributed by atoms with van der Waals surface area (Å²) in [5, 5.41) is 10.8. The first-order chi connectivity index (χ1) is 12.0. The standard InChI is InChI=1S/C18H14Cl2O5/c1-3-24-18(22)15-11-8-10(21)4-5-14(11)25-16(15)9-6-12(19)17(23-2)13(20)7-9/h4-8,21H,3H2,1-2H3. The van der Waals surface area contributed by atoms with Crippen molar-refractivity contribution in [3.8, 4) is 22.8 Å². The van der Waals surface area contributed by atoms with Gasteiger partial charge in [0.05, 0.1) is 23.8 Å². The predicted octanol–water partition coefficient (Wildman–Crippen LogP) is 5.30. The van der Waals surface area contributed by atoms with E-state index in [9.17, 15) is 9.90 Å². The van der Waals surface area contributed by atoms with Crippen LogP contribution in [0.25, 0.3) is 22.3 Å². The van der Waals surface area contributed by atoms with E-state index >= 15 is 0 Å². The minimum Gasteiger partial charge on any atom is -0.508 e. The van der Waals surface area contributed by atoms with Crippen LogP contribution in [0, 0.1) is 0 Å². The molecule has 0 radical (unpaired) electrons. The van der Waals surface area contributed by atoms with Gasteiger partial charge in [0.1, 0.15) is 22.7 Å². The summed E-state index contributed by atoms with van der Waals surface area (Å²) in [4.78, 5) is 12.5. The van der Waals surface area contributed by atoms with Crippen molar-refractivity contribution >= 4 is 40.1 Å². The van der Waals surface area contributed by atoms with Crippen LogP contribution in [0.4, 0.5) is 0 Å². The lowest BCUT2D eigenvalue weighted by Crippen LogP contribution is -2.05. The molecule has 0 fully saturated rings. The summed E-state index contributed by atoms with van der Waals surface area (Å²) in [7, 11) is 1.46. The molecule has 0 atom stereocenters. The smallest absolute Gasteiger partial charge is 0.342 e. The van der Waals surface area contributed by atoms with Crippen LogP contribution in [0.5, 0.6) is 11.5 Å². The molecule has 0 saturated carbocycles. The molecular weight excluding hydrogens is 367 g/mol. The summed E-state index contributed by atoms with van der Waals surface area (Å²) in [6.45, 7) is 1.91. The highest BCUT2D eigenvalue weighted by Crippen LogP contribution is 2.41. The number of aromatic hydroxyl groups is 1. The number of phenolic OH excluding ortho intramolecular Hbond substituents is 1. The van der Waals surface area contributed by atoms with Crippen molar-refractivity contribution in [3.63, 3.8) is 0 Å². The maximum Gasteiger partial charge on any atom is 0.342 e. The number of carbonyl (C=O) groups is 1. The van der Waals surface area contributed by atoms with Gasteiger partial charge in [0.15, 0.2) is 5.75 Å². The molecule has 0 unspecified atom stereocenters. The molecular formula is C18H14Cl2O5. The SMILES string of the molecule is CCOC(=O)c1c(-c2cc(Cl)c(OC)c(Cl)c2)oc2ccc(O)cc12. The highest BCUT2D eigenvalue weighted by Gasteiger charge is 2.25. The number of carbonyl (C=O) groups excluding carboxylic acids is 1. The second-order valence-corrected chi connectivity index (χ2v) is 5.99. The van der Waals surface area contributed by atoms with Gasteiger partial charge in [-0.3, -0.25) is 0 Å². The molecule has 2 aromatic carbocycles. The molecule has 1 heterocycles. The fourth-order valence-corrected chi connectivity index (χ4v) is 3.22. The molecule has 3 aromatic rings. The molecule has 25 heavy (non-hydrogen) atoms. The topological polar surface area (TPSA) is 68.9 Å². The van der Waals surface area contributed by atoms with Gasteiger partial charge in [0, 0.05) is 10.9 Å². The number of hydrogen-bond acceptors (Lipinski definition) is 5. The summed E-state index contributed by atoms with van der Waals surface area (Å²) in [5.74, 6) is 0.0325. The zero-order valence-corrected chi connectivity index (χ0v) is 14.9. The van der Waals surface area contributed by atoms with Gasteiger partial charge >= 0.3 is 5.97 Å². The van der Waals surface area contributed by atoms with Gasteiger partial charge in [-0.15, -0.1) is 0 Å². The molecule has 0 aliphatic carbocycles. The highest BCUT2D eigenvalue weighted by atomic mass is 35.5. The number of hydrogen-bond donors (Lipinski definition) is 1. The van der Waals surface area contributed by atoms with Crippen molar-refractivity contribution < 1.29 is 23.8 Å². The number of ether oxygens (including phenoxy) is 2. The Bertz CT molecular complexity index is 938. The third-order valence-corrected chi connectivity index (χ3v) is 4.18. The van der Waals surface area contributed by atoms with Crippen LogP contribution in [0.1, 0.15) is 17.3 Å². The fourth-order valence-electron chi connectivity index (χ4n) is 2.58. The van der Waals surface area contributed by atoms with E-state index in [0.29, 0.717) is 22.3 Å². The summed E-state index contributed by atoms with van der Waals surface area (Å²) >= 11 is 12.4. The Morgan fingerprint density at radius 1 is 1.20 bits per heavy atom. The van der Waals surface area contributed by atoms with Crippen LogP contribution in [0.15, 0.2) is 34.7 Å². The number of fused-ring (bicyclic) bond motifs is 1. The third kappa shape index (κ3) is 3.13. The van der Waals surface area contributed by atoms with Crippen molar-refractivity contribution in [2.75, 3.05) is 13.7 Å². The highest BCUT2D eigenvalue weighted by molar-refractivity contribution is 6.37. The van der Waals surface area contributed by atoms with E-state index in [-0.39, 0.29) is 33.7 Å². The predicted molar refractivity (Wildman–Crippen MR) is 95.8 cm³/mol. The number of rotatable bonds is 4. The molecule has 1 N–H and O–H groups in total. The average molecular weight is 381 g/mol. The van der Waals surface area contributed by atoms with Crippen molar-refractivity contribution in [2.45, 2.75) is 6.92 Å². The van der Waals surface area contributed by atoms with Crippen LogP contribution < -0.4 is 4.74 Å². The third-order valence-electron chi connectivity index (χ3n) is 3.62. The fraction of sp³-hybridized carbons (Fsp3) is 0.167. The largest absolute Gasteiger partial charge is 0.508 e. The molecule has 5 nitrogen and oxygen atoms in total. The van der Waals surface area contributed by atoms with Crippen molar-refractivity contribution in [1.29, 1.82) is 0 Å².